The molecule has 10 atom stereocenters. The molecule has 10 aliphatic rings. The molecule has 0 radical (unpaired) electrons. The van der Waals surface area contributed by atoms with Crippen LogP contribution in [-0.4, -0.2) is 157 Å². The van der Waals surface area contributed by atoms with E-state index in [1.54, 1.807) is 6.08 Å². The van der Waals surface area contributed by atoms with E-state index >= 15 is 0 Å². The predicted molar refractivity (Wildman–Crippen MR) is 330 cm³/mol. The van der Waals surface area contributed by atoms with Gasteiger partial charge in [-0.05, 0) is 73.6 Å². The first-order valence-electron chi connectivity index (χ1n) is 30.4. The Morgan fingerprint density at radius 2 is 0.967 bits per heavy atom. The standard InChI is InChI=1S/C32H33N5O7S.C27H28N4O5S.C5H7NO3/c1-2-18-16-32(18,31(41)36-45(42,43)20-11-12-20)34-29(39)26-15-19(17-37(26)30(40)25-13-14-27(38)33-25)44-35-28-23-9-5-3-7-21(23)22-8-4-6-10-24(22)28;1-2-16-14-27(16,26(33)31-37(34,35)18-11-12-18)29-25(32)23-13-17(15-28-23)36-30-24-21-9-5-3-7-19(21)20-8-4-6-10-22(20)24;7-4-2-1-3(6-4)5(8)9/h2-10,18-20,25-26H,1,11-17H2,(H,33,38)(H,34,39)(H,36,41);2-10,16-18,23,28H,1,11-15H2,(H,29,32)(H,31,33);3H,1-2H2,(H,6,7)(H,8,9)/t18-,19-,25+,26+,32-;16-,17-,23+,27-;3-/m110/s1. The molecule has 4 saturated carbocycles. The van der Waals surface area contributed by atoms with Crippen LogP contribution in [-0.2, 0) is 68.1 Å². The third kappa shape index (κ3) is 12.6. The molecule has 4 saturated heterocycles. The average Bonchev–Trinajstić information content (AvgIpc) is 1.61. The molecule has 91 heavy (non-hydrogen) atoms. The van der Waals surface area contributed by atoms with Crippen LogP contribution in [0.4, 0.5) is 0 Å². The summed E-state index contributed by atoms with van der Waals surface area (Å²) in [6.07, 6.45) is 6.33. The van der Waals surface area contributed by atoms with Crippen molar-refractivity contribution < 1.29 is 70.0 Å². The topological polar surface area (TPSA) is 356 Å². The normalized spacial score (nSPS) is 27.6. The molecule has 27 heteroatoms. The maximum Gasteiger partial charge on any atom is 0.326 e. The number of nitrogens with zero attached hydrogens (tertiary/aromatic N) is 3. The van der Waals surface area contributed by atoms with E-state index in [0.29, 0.717) is 70.0 Å². The lowest BCUT2D eigenvalue weighted by Crippen LogP contribution is -2.57. The van der Waals surface area contributed by atoms with Gasteiger partial charge in [0.05, 0.1) is 23.1 Å². The molecule has 6 aliphatic carbocycles. The number of carbonyl (C=O) groups is 8. The summed E-state index contributed by atoms with van der Waals surface area (Å²) >= 11 is 0. The molecule has 0 spiro atoms. The van der Waals surface area contributed by atoms with Gasteiger partial charge in [-0.25, -0.2) is 21.6 Å². The number of hydrogen-bond acceptors (Lipinski definition) is 17. The Hall–Kier alpha value is -9.08. The number of carboxylic acids is 1. The number of benzene rings is 4. The summed E-state index contributed by atoms with van der Waals surface area (Å²) in [6, 6.07) is 28.7. The number of rotatable bonds is 18. The van der Waals surface area contributed by atoms with Crippen molar-refractivity contribution in [1.82, 2.24) is 40.9 Å². The van der Waals surface area contributed by atoms with Crippen molar-refractivity contribution in [2.45, 2.75) is 135 Å². The van der Waals surface area contributed by atoms with Crippen molar-refractivity contribution in [3.05, 3.63) is 145 Å². The summed E-state index contributed by atoms with van der Waals surface area (Å²) in [5.74, 6) is -5.09. The lowest BCUT2D eigenvalue weighted by Gasteiger charge is -2.28. The smallest absolute Gasteiger partial charge is 0.326 e. The molecule has 14 rings (SSSR count). The fourth-order valence-corrected chi connectivity index (χ4v) is 15.4. The zero-order chi connectivity index (χ0) is 64.1. The van der Waals surface area contributed by atoms with E-state index in [0.717, 1.165) is 50.2 Å². The molecule has 4 aromatic rings. The summed E-state index contributed by atoms with van der Waals surface area (Å²) < 4.78 is 53.9. The highest BCUT2D eigenvalue weighted by Crippen LogP contribution is 2.47. The van der Waals surface area contributed by atoms with Gasteiger partial charge in [-0.3, -0.25) is 43.0 Å². The van der Waals surface area contributed by atoms with Crippen LogP contribution in [0.25, 0.3) is 22.3 Å². The second-order valence-corrected chi connectivity index (χ2v) is 28.4. The molecule has 4 aromatic carbocycles. The van der Waals surface area contributed by atoms with Crippen molar-refractivity contribution in [3.8, 4) is 22.3 Å². The second kappa shape index (κ2) is 24.6. The number of carbonyl (C=O) groups excluding carboxylic acids is 7. The number of nitrogens with one attached hydrogen (secondary N) is 7. The molecular weight excluding hydrogens is 1210 g/mol. The van der Waals surface area contributed by atoms with Crippen molar-refractivity contribution in [1.29, 1.82) is 0 Å². The van der Waals surface area contributed by atoms with Crippen LogP contribution in [0, 0.1) is 11.8 Å². The van der Waals surface area contributed by atoms with Crippen LogP contribution in [0.5, 0.6) is 0 Å². The second-order valence-electron chi connectivity index (χ2n) is 24.5. The zero-order valence-electron chi connectivity index (χ0n) is 49.3. The molecule has 4 aliphatic heterocycles. The molecule has 0 aromatic heterocycles. The maximum atomic E-state index is 13.9. The number of hydrogen-bond donors (Lipinski definition) is 8. The van der Waals surface area contributed by atoms with Crippen LogP contribution >= 0.6 is 0 Å². The van der Waals surface area contributed by atoms with Gasteiger partial charge in [-0.1, -0.05) is 120 Å². The van der Waals surface area contributed by atoms with Crippen molar-refractivity contribution in [2.75, 3.05) is 13.1 Å². The van der Waals surface area contributed by atoms with E-state index in [4.69, 9.17) is 14.8 Å². The van der Waals surface area contributed by atoms with E-state index in [9.17, 15) is 55.2 Å². The van der Waals surface area contributed by atoms with Crippen LogP contribution in [0.2, 0.25) is 0 Å². The highest BCUT2D eigenvalue weighted by Gasteiger charge is 2.63. The van der Waals surface area contributed by atoms with Gasteiger partial charge in [0.15, 0.2) is 0 Å². The van der Waals surface area contributed by atoms with Crippen molar-refractivity contribution in [3.63, 3.8) is 0 Å². The summed E-state index contributed by atoms with van der Waals surface area (Å²) in [6.45, 7) is 7.91. The molecular formula is C64H68N10O15S2. The van der Waals surface area contributed by atoms with Gasteiger partial charge in [0.2, 0.25) is 49.6 Å². The Balaban J connectivity index is 0.000000157. The lowest BCUT2D eigenvalue weighted by atomic mass is 10.1. The van der Waals surface area contributed by atoms with Gasteiger partial charge in [-0.2, -0.15) is 0 Å². The van der Waals surface area contributed by atoms with Gasteiger partial charge >= 0.3 is 5.97 Å². The van der Waals surface area contributed by atoms with Crippen LogP contribution < -0.4 is 36.0 Å². The third-order valence-corrected chi connectivity index (χ3v) is 21.9. The Bertz CT molecular complexity index is 3920. The number of sulfonamides is 2. The highest BCUT2D eigenvalue weighted by molar-refractivity contribution is 7.91. The predicted octanol–water partition coefficient (Wildman–Crippen LogP) is 2.54. The van der Waals surface area contributed by atoms with Gasteiger partial charge in [0.25, 0.3) is 11.8 Å². The molecule has 0 bridgehead atoms. The molecule has 4 heterocycles. The first kappa shape index (κ1) is 62.1. The fraction of sp³-hybridized carbons (Fsp3) is 0.406. The SMILES string of the molecule is C=C[C@@H]1C[C@]1(NC(=O)[C@@H]1C[C@@H](ON=C2c3ccccc3-c3ccccc32)CN1)C(=O)NS(=O)(=O)C1CC1.C=C[C@@H]1C[C@]1(NC(=O)[C@@H]1C[C@@H](ON=C2c3ccccc3-c3ccccc32)CN1C(=O)[C@@H]1CCC(=O)N1)C(=O)NS(=O)(=O)C1CC1.O=C1CC[C@@H](C(=O)O)N1. The molecule has 8 fully saturated rings. The first-order valence-corrected chi connectivity index (χ1v) is 33.5. The highest BCUT2D eigenvalue weighted by atomic mass is 32.2. The molecule has 25 nitrogen and oxygen atoms in total. The molecule has 476 valence electrons. The molecule has 8 N–H and O–H groups in total. The van der Waals surface area contributed by atoms with Crippen molar-refractivity contribution in [2.24, 2.45) is 22.1 Å². The minimum Gasteiger partial charge on any atom is -0.480 e. The van der Waals surface area contributed by atoms with E-state index in [-0.39, 0.29) is 55.6 Å². The van der Waals surface area contributed by atoms with Gasteiger partial charge in [0.1, 0.15) is 52.8 Å². The zero-order valence-corrected chi connectivity index (χ0v) is 50.9. The summed E-state index contributed by atoms with van der Waals surface area (Å²) in [7, 11) is -7.57. The number of amides is 7. The van der Waals surface area contributed by atoms with Gasteiger partial charge in [0, 0.05) is 66.3 Å². The van der Waals surface area contributed by atoms with E-state index in [1.165, 1.54) is 11.0 Å². The monoisotopic (exact) mass is 1280 g/mol. The number of oxime groups is 2. The number of fused-ring (bicyclic) bond motifs is 6. The van der Waals surface area contributed by atoms with Gasteiger partial charge in [-0.15, -0.1) is 13.2 Å². The van der Waals surface area contributed by atoms with E-state index < -0.39 is 107 Å². The maximum absolute atomic E-state index is 13.9. The van der Waals surface area contributed by atoms with Crippen LogP contribution in [0.15, 0.2) is 133 Å². The number of carboxylic acid groups (broad SMARTS) is 1. The lowest BCUT2D eigenvalue weighted by molar-refractivity contribution is -0.141. The third-order valence-electron chi connectivity index (χ3n) is 18.2. The number of aliphatic carboxylic acids is 1. The Morgan fingerprint density at radius 3 is 1.34 bits per heavy atom. The quantitative estimate of drug-likeness (QED) is 0.0453. The Morgan fingerprint density at radius 1 is 0.560 bits per heavy atom. The minimum absolute atomic E-state index is 0.0313. The minimum atomic E-state index is -3.85. The molecule has 0 unspecified atom stereocenters. The first-order chi connectivity index (χ1) is 43.6. The fourth-order valence-electron chi connectivity index (χ4n) is 12.6. The Labute approximate surface area is 524 Å². The average molecular weight is 1280 g/mol. The van der Waals surface area contributed by atoms with Crippen LogP contribution in [0.1, 0.15) is 99.3 Å². The summed E-state index contributed by atoms with van der Waals surface area (Å²) in [5.41, 5.74) is 6.72. The number of likely N-dealkylation sites (tertiary alicyclic amines) is 1. The van der Waals surface area contributed by atoms with Gasteiger partial charge < -0.3 is 46.3 Å². The van der Waals surface area contributed by atoms with Crippen LogP contribution in [0.3, 0.4) is 0 Å². The van der Waals surface area contributed by atoms with E-state index in [2.05, 4.69) is 71.6 Å². The summed E-state index contributed by atoms with van der Waals surface area (Å²) in [5, 5.41) is 29.9. The largest absolute Gasteiger partial charge is 0.480 e. The molecule has 7 amide bonds. The van der Waals surface area contributed by atoms with E-state index in [1.807, 2.05) is 84.9 Å². The van der Waals surface area contributed by atoms with Crippen molar-refractivity contribution >= 4 is 78.8 Å². The summed E-state index contributed by atoms with van der Waals surface area (Å²) in [4.78, 5) is 112. The Kier molecular flexibility index (Phi) is 16.8.